The van der Waals surface area contributed by atoms with Crippen LogP contribution in [-0.4, -0.2) is 12.5 Å². The normalized spacial score (nSPS) is 22.9. The van der Waals surface area contributed by atoms with Crippen molar-refractivity contribution in [3.63, 3.8) is 0 Å². The van der Waals surface area contributed by atoms with Crippen LogP contribution in [0.5, 0.6) is 0 Å². The van der Waals surface area contributed by atoms with Crippen molar-refractivity contribution in [2.24, 2.45) is 5.92 Å². The monoisotopic (exact) mass is 257 g/mol. The number of alkyl halides is 2. The zero-order valence-corrected chi connectivity index (χ0v) is 10.3. The third-order valence-electron chi connectivity index (χ3n) is 3.39. The summed E-state index contributed by atoms with van der Waals surface area (Å²) in [6.45, 7) is 1.10. The fourth-order valence-corrected chi connectivity index (χ4v) is 2.52. The van der Waals surface area contributed by atoms with Crippen molar-refractivity contribution in [3.8, 4) is 0 Å². The summed E-state index contributed by atoms with van der Waals surface area (Å²) in [5.41, 5.74) is 0.845. The Bertz CT molecular complexity index is 392. The fourth-order valence-electron chi connectivity index (χ4n) is 2.52. The van der Waals surface area contributed by atoms with E-state index in [1.54, 1.807) is 6.07 Å². The molecule has 1 aromatic rings. The second-order valence-corrected chi connectivity index (χ2v) is 5.08. The van der Waals surface area contributed by atoms with Crippen molar-refractivity contribution in [1.82, 2.24) is 5.32 Å². The molecule has 1 aliphatic carbocycles. The first kappa shape index (κ1) is 13.4. The number of halogens is 3. The standard InChI is InChI=1S/C14H18F3N/c15-13-5-1-3-11(7-13)9-18-10-12-4-2-6-14(16,17)8-12/h1,3,5,7,12,18H,2,4,6,8-10H2. The Morgan fingerprint density at radius 3 is 2.89 bits per heavy atom. The Balaban J connectivity index is 1.75. The average Bonchev–Trinajstić information content (AvgIpc) is 2.28. The molecule has 0 spiro atoms. The summed E-state index contributed by atoms with van der Waals surface area (Å²) in [7, 11) is 0. The molecule has 0 bridgehead atoms. The predicted octanol–water partition coefficient (Wildman–Crippen LogP) is 3.74. The molecule has 2 rings (SSSR count). The first-order valence-corrected chi connectivity index (χ1v) is 6.38. The number of nitrogens with one attached hydrogen (secondary N) is 1. The Morgan fingerprint density at radius 2 is 2.17 bits per heavy atom. The highest BCUT2D eigenvalue weighted by Gasteiger charge is 2.35. The van der Waals surface area contributed by atoms with E-state index in [1.165, 1.54) is 12.1 Å². The molecule has 1 aromatic carbocycles. The Hall–Kier alpha value is -1.03. The summed E-state index contributed by atoms with van der Waals surface area (Å²) >= 11 is 0. The molecule has 1 saturated carbocycles. The van der Waals surface area contributed by atoms with Crippen LogP contribution in [0.15, 0.2) is 24.3 Å². The van der Waals surface area contributed by atoms with E-state index in [9.17, 15) is 13.2 Å². The van der Waals surface area contributed by atoms with E-state index in [0.29, 0.717) is 19.5 Å². The van der Waals surface area contributed by atoms with Crippen molar-refractivity contribution in [3.05, 3.63) is 35.6 Å². The third-order valence-corrected chi connectivity index (χ3v) is 3.39. The largest absolute Gasteiger partial charge is 0.312 e. The molecule has 1 N–H and O–H groups in total. The van der Waals surface area contributed by atoms with E-state index in [-0.39, 0.29) is 24.6 Å². The molecular formula is C14H18F3N. The van der Waals surface area contributed by atoms with Crippen LogP contribution >= 0.6 is 0 Å². The van der Waals surface area contributed by atoms with Gasteiger partial charge in [0.15, 0.2) is 0 Å². The van der Waals surface area contributed by atoms with Crippen LogP contribution in [0.3, 0.4) is 0 Å². The van der Waals surface area contributed by atoms with Gasteiger partial charge in [-0.3, -0.25) is 0 Å². The second kappa shape index (κ2) is 5.74. The Labute approximate surface area is 105 Å². The average molecular weight is 257 g/mol. The molecule has 4 heteroatoms. The van der Waals surface area contributed by atoms with Gasteiger partial charge in [0, 0.05) is 19.4 Å². The first-order valence-electron chi connectivity index (χ1n) is 6.38. The van der Waals surface area contributed by atoms with Crippen LogP contribution in [0.25, 0.3) is 0 Å². The van der Waals surface area contributed by atoms with Gasteiger partial charge in [0.2, 0.25) is 5.92 Å². The molecule has 1 aliphatic rings. The lowest BCUT2D eigenvalue weighted by atomic mass is 9.86. The zero-order valence-electron chi connectivity index (χ0n) is 10.3. The molecular weight excluding hydrogens is 239 g/mol. The summed E-state index contributed by atoms with van der Waals surface area (Å²) in [5, 5.41) is 3.14. The first-order chi connectivity index (χ1) is 8.55. The molecule has 1 nitrogen and oxygen atoms in total. The number of benzene rings is 1. The van der Waals surface area contributed by atoms with Crippen LogP contribution in [0.2, 0.25) is 0 Å². The lowest BCUT2D eigenvalue weighted by molar-refractivity contribution is -0.0520. The molecule has 0 radical (unpaired) electrons. The van der Waals surface area contributed by atoms with Crippen LogP contribution in [0.1, 0.15) is 31.2 Å². The number of rotatable bonds is 4. The van der Waals surface area contributed by atoms with E-state index in [4.69, 9.17) is 0 Å². The zero-order chi connectivity index (χ0) is 13.0. The van der Waals surface area contributed by atoms with Gasteiger partial charge in [0.1, 0.15) is 5.82 Å². The third kappa shape index (κ3) is 4.02. The van der Waals surface area contributed by atoms with Gasteiger partial charge < -0.3 is 5.32 Å². The predicted molar refractivity (Wildman–Crippen MR) is 65.0 cm³/mol. The van der Waals surface area contributed by atoms with E-state index >= 15 is 0 Å². The van der Waals surface area contributed by atoms with Crippen molar-refractivity contribution >= 4 is 0 Å². The minimum Gasteiger partial charge on any atom is -0.312 e. The highest BCUT2D eigenvalue weighted by atomic mass is 19.3. The van der Waals surface area contributed by atoms with Crippen molar-refractivity contribution in [2.75, 3.05) is 6.54 Å². The minimum atomic E-state index is -2.50. The van der Waals surface area contributed by atoms with E-state index < -0.39 is 5.92 Å². The van der Waals surface area contributed by atoms with Crippen molar-refractivity contribution in [2.45, 2.75) is 38.2 Å². The van der Waals surface area contributed by atoms with Gasteiger partial charge >= 0.3 is 0 Å². The highest BCUT2D eigenvalue weighted by Crippen LogP contribution is 2.36. The summed E-state index contributed by atoms with van der Waals surface area (Å²) in [5.74, 6) is -2.73. The lowest BCUT2D eigenvalue weighted by Crippen LogP contribution is -2.32. The summed E-state index contributed by atoms with van der Waals surface area (Å²) in [4.78, 5) is 0. The van der Waals surface area contributed by atoms with Gasteiger partial charge in [-0.1, -0.05) is 12.1 Å². The van der Waals surface area contributed by atoms with Crippen LogP contribution < -0.4 is 5.32 Å². The van der Waals surface area contributed by atoms with Gasteiger partial charge in [0.05, 0.1) is 0 Å². The second-order valence-electron chi connectivity index (χ2n) is 5.08. The van der Waals surface area contributed by atoms with Gasteiger partial charge in [-0.05, 0) is 43.0 Å². The van der Waals surface area contributed by atoms with Gasteiger partial charge in [0.25, 0.3) is 0 Å². The molecule has 0 heterocycles. The molecule has 18 heavy (non-hydrogen) atoms. The van der Waals surface area contributed by atoms with E-state index in [1.807, 2.05) is 6.07 Å². The summed E-state index contributed by atoms with van der Waals surface area (Å²) in [6, 6.07) is 6.33. The van der Waals surface area contributed by atoms with Crippen molar-refractivity contribution < 1.29 is 13.2 Å². The SMILES string of the molecule is Fc1cccc(CNCC2CCCC(F)(F)C2)c1. The molecule has 1 fully saturated rings. The van der Waals surface area contributed by atoms with Crippen LogP contribution in [-0.2, 0) is 6.54 Å². The Morgan fingerprint density at radius 1 is 1.33 bits per heavy atom. The maximum atomic E-state index is 13.2. The highest BCUT2D eigenvalue weighted by molar-refractivity contribution is 5.15. The summed E-state index contributed by atoms with van der Waals surface area (Å²) < 4.78 is 39.3. The van der Waals surface area contributed by atoms with Crippen LogP contribution in [0.4, 0.5) is 13.2 Å². The lowest BCUT2D eigenvalue weighted by Gasteiger charge is -2.29. The molecule has 0 amide bonds. The molecule has 0 aromatic heterocycles. The van der Waals surface area contributed by atoms with Crippen LogP contribution in [0, 0.1) is 11.7 Å². The quantitative estimate of drug-likeness (QED) is 0.866. The van der Waals surface area contributed by atoms with E-state index in [2.05, 4.69) is 5.32 Å². The van der Waals surface area contributed by atoms with Crippen molar-refractivity contribution in [1.29, 1.82) is 0 Å². The topological polar surface area (TPSA) is 12.0 Å². The summed E-state index contributed by atoms with van der Waals surface area (Å²) in [6.07, 6.45) is 1.45. The van der Waals surface area contributed by atoms with E-state index in [0.717, 1.165) is 12.0 Å². The van der Waals surface area contributed by atoms with Gasteiger partial charge in [-0.25, -0.2) is 13.2 Å². The van der Waals surface area contributed by atoms with Gasteiger partial charge in [-0.2, -0.15) is 0 Å². The van der Waals surface area contributed by atoms with Gasteiger partial charge in [-0.15, -0.1) is 0 Å². The molecule has 0 saturated heterocycles. The fraction of sp³-hybridized carbons (Fsp3) is 0.571. The maximum Gasteiger partial charge on any atom is 0.248 e. The smallest absolute Gasteiger partial charge is 0.248 e. The Kier molecular flexibility index (Phi) is 4.27. The molecule has 1 atom stereocenters. The number of hydrogen-bond acceptors (Lipinski definition) is 1. The molecule has 100 valence electrons. The molecule has 1 unspecified atom stereocenters. The number of hydrogen-bond donors (Lipinski definition) is 1. The maximum absolute atomic E-state index is 13.2. The minimum absolute atomic E-state index is 0.0212. The molecule has 0 aliphatic heterocycles.